The summed E-state index contributed by atoms with van der Waals surface area (Å²) in [5.74, 6) is 0. The third-order valence-electron chi connectivity index (χ3n) is 2.70. The first-order valence-corrected chi connectivity index (χ1v) is 5.72. The van der Waals surface area contributed by atoms with E-state index in [2.05, 4.69) is 18.7 Å². The summed E-state index contributed by atoms with van der Waals surface area (Å²) in [7, 11) is 0. The number of hydrogen-bond acceptors (Lipinski definition) is 3. The second kappa shape index (κ2) is 9.44. The number of unbranched alkanes of at least 4 members (excludes halogenated alkanes) is 2. The zero-order valence-electron chi connectivity index (χ0n) is 9.58. The van der Waals surface area contributed by atoms with E-state index in [9.17, 15) is 0 Å². The van der Waals surface area contributed by atoms with E-state index < -0.39 is 0 Å². The van der Waals surface area contributed by atoms with Gasteiger partial charge in [0.25, 0.3) is 0 Å². The van der Waals surface area contributed by atoms with Crippen molar-refractivity contribution < 1.29 is 10.2 Å². The molecule has 1 unspecified atom stereocenters. The van der Waals surface area contributed by atoms with E-state index in [1.165, 1.54) is 0 Å². The van der Waals surface area contributed by atoms with Gasteiger partial charge in [-0.1, -0.05) is 6.92 Å². The molecule has 0 fully saturated rings. The van der Waals surface area contributed by atoms with Crippen molar-refractivity contribution in [3.63, 3.8) is 0 Å². The van der Waals surface area contributed by atoms with Gasteiger partial charge in [0.05, 0.1) is 6.61 Å². The minimum atomic E-state index is 0.240. The molecular formula is C11H25NO2. The summed E-state index contributed by atoms with van der Waals surface area (Å²) >= 11 is 0. The molecule has 0 aliphatic heterocycles. The van der Waals surface area contributed by atoms with E-state index in [0.717, 1.165) is 38.8 Å². The summed E-state index contributed by atoms with van der Waals surface area (Å²) in [6.45, 7) is 6.71. The van der Waals surface area contributed by atoms with Crippen molar-refractivity contribution in [2.75, 3.05) is 26.3 Å². The van der Waals surface area contributed by atoms with Gasteiger partial charge in [-0.25, -0.2) is 0 Å². The lowest BCUT2D eigenvalue weighted by molar-refractivity contribution is 0.151. The monoisotopic (exact) mass is 203 g/mol. The maximum Gasteiger partial charge on any atom is 0.0558 e. The molecule has 0 amide bonds. The number of nitrogens with zero attached hydrogens (tertiary/aromatic N) is 1. The Morgan fingerprint density at radius 3 is 2.21 bits per heavy atom. The lowest BCUT2D eigenvalue weighted by atomic mass is 10.2. The average molecular weight is 203 g/mol. The van der Waals surface area contributed by atoms with Gasteiger partial charge in [-0.2, -0.15) is 0 Å². The van der Waals surface area contributed by atoms with Crippen molar-refractivity contribution in [2.24, 2.45) is 0 Å². The van der Waals surface area contributed by atoms with Crippen LogP contribution in [-0.4, -0.2) is 47.5 Å². The van der Waals surface area contributed by atoms with Crippen molar-refractivity contribution in [3.8, 4) is 0 Å². The molecule has 0 heterocycles. The second-order valence-corrected chi connectivity index (χ2v) is 3.80. The molecule has 86 valence electrons. The van der Waals surface area contributed by atoms with Gasteiger partial charge in [-0.05, 0) is 39.2 Å². The van der Waals surface area contributed by atoms with Crippen molar-refractivity contribution in [3.05, 3.63) is 0 Å². The molecule has 0 aromatic carbocycles. The van der Waals surface area contributed by atoms with Gasteiger partial charge in [-0.15, -0.1) is 0 Å². The molecule has 0 aromatic heterocycles. The quantitative estimate of drug-likeness (QED) is 0.554. The zero-order chi connectivity index (χ0) is 10.8. The molecule has 0 saturated carbocycles. The minimum Gasteiger partial charge on any atom is -0.396 e. The van der Waals surface area contributed by atoms with Crippen LogP contribution in [0.2, 0.25) is 0 Å². The van der Waals surface area contributed by atoms with Crippen LogP contribution in [0.4, 0.5) is 0 Å². The zero-order valence-corrected chi connectivity index (χ0v) is 9.58. The first-order chi connectivity index (χ1) is 6.76. The molecule has 3 nitrogen and oxygen atoms in total. The fourth-order valence-corrected chi connectivity index (χ4v) is 1.54. The number of rotatable bonds is 9. The summed E-state index contributed by atoms with van der Waals surface area (Å²) in [6.07, 6.45) is 4.22. The Labute approximate surface area is 87.7 Å². The molecular weight excluding hydrogens is 178 g/mol. The van der Waals surface area contributed by atoms with Crippen LogP contribution in [0.5, 0.6) is 0 Å². The topological polar surface area (TPSA) is 43.7 Å². The largest absolute Gasteiger partial charge is 0.396 e. The van der Waals surface area contributed by atoms with Crippen LogP contribution >= 0.6 is 0 Å². The van der Waals surface area contributed by atoms with Crippen molar-refractivity contribution >= 4 is 0 Å². The summed E-state index contributed by atoms with van der Waals surface area (Å²) in [5.41, 5.74) is 0. The highest BCUT2D eigenvalue weighted by atomic mass is 16.3. The Morgan fingerprint density at radius 1 is 1.00 bits per heavy atom. The molecule has 0 aliphatic rings. The summed E-state index contributed by atoms with van der Waals surface area (Å²) in [4.78, 5) is 2.32. The summed E-state index contributed by atoms with van der Waals surface area (Å²) in [6, 6.07) is 0.552. The van der Waals surface area contributed by atoms with E-state index in [0.29, 0.717) is 12.6 Å². The van der Waals surface area contributed by atoms with Crippen LogP contribution in [0, 0.1) is 0 Å². The van der Waals surface area contributed by atoms with Crippen LogP contribution in [0.1, 0.15) is 39.5 Å². The summed E-state index contributed by atoms with van der Waals surface area (Å²) in [5, 5.41) is 17.5. The molecule has 0 aliphatic carbocycles. The Hall–Kier alpha value is -0.120. The Morgan fingerprint density at radius 2 is 1.71 bits per heavy atom. The van der Waals surface area contributed by atoms with Crippen molar-refractivity contribution in [2.45, 2.75) is 45.6 Å². The molecule has 0 rings (SSSR count). The Kier molecular flexibility index (Phi) is 9.35. The molecule has 2 N–H and O–H groups in total. The van der Waals surface area contributed by atoms with Gasteiger partial charge < -0.3 is 10.2 Å². The smallest absolute Gasteiger partial charge is 0.0558 e. The third kappa shape index (κ3) is 6.35. The first-order valence-electron chi connectivity index (χ1n) is 5.72. The maximum atomic E-state index is 8.90. The highest BCUT2D eigenvalue weighted by Gasteiger charge is 2.10. The molecule has 0 saturated heterocycles. The van der Waals surface area contributed by atoms with Crippen molar-refractivity contribution in [1.29, 1.82) is 0 Å². The van der Waals surface area contributed by atoms with Gasteiger partial charge >= 0.3 is 0 Å². The van der Waals surface area contributed by atoms with Crippen LogP contribution < -0.4 is 0 Å². The molecule has 3 heteroatoms. The third-order valence-corrected chi connectivity index (χ3v) is 2.70. The molecule has 0 bridgehead atoms. The maximum absolute atomic E-state index is 8.90. The van der Waals surface area contributed by atoms with E-state index in [1.54, 1.807) is 0 Å². The lowest BCUT2D eigenvalue weighted by Gasteiger charge is -2.27. The van der Waals surface area contributed by atoms with E-state index >= 15 is 0 Å². The highest BCUT2D eigenvalue weighted by molar-refractivity contribution is 4.65. The van der Waals surface area contributed by atoms with Crippen LogP contribution in [-0.2, 0) is 0 Å². The van der Waals surface area contributed by atoms with Crippen LogP contribution in [0.3, 0.4) is 0 Å². The van der Waals surface area contributed by atoms with E-state index in [-0.39, 0.29) is 6.61 Å². The van der Waals surface area contributed by atoms with Crippen LogP contribution in [0.15, 0.2) is 0 Å². The van der Waals surface area contributed by atoms with Crippen molar-refractivity contribution in [1.82, 2.24) is 4.90 Å². The standard InChI is InChI=1S/C11H25NO2/c1-3-11(2)12(8-10-14)7-5-4-6-9-13/h11,13-14H,3-10H2,1-2H3. The number of hydrogen-bond donors (Lipinski definition) is 2. The fraction of sp³-hybridized carbons (Fsp3) is 1.00. The highest BCUT2D eigenvalue weighted by Crippen LogP contribution is 2.05. The second-order valence-electron chi connectivity index (χ2n) is 3.80. The minimum absolute atomic E-state index is 0.240. The normalized spacial score (nSPS) is 13.5. The lowest BCUT2D eigenvalue weighted by Crippen LogP contribution is -2.35. The predicted molar refractivity (Wildman–Crippen MR) is 59.3 cm³/mol. The van der Waals surface area contributed by atoms with Gasteiger partial charge in [0.2, 0.25) is 0 Å². The number of aliphatic hydroxyl groups excluding tert-OH is 2. The molecule has 14 heavy (non-hydrogen) atoms. The number of aliphatic hydroxyl groups is 2. The Bertz CT molecular complexity index is 120. The molecule has 0 radical (unpaired) electrons. The Balaban J connectivity index is 3.61. The van der Waals surface area contributed by atoms with E-state index in [1.807, 2.05) is 0 Å². The first kappa shape index (κ1) is 13.9. The fourth-order valence-electron chi connectivity index (χ4n) is 1.54. The average Bonchev–Trinajstić information content (AvgIpc) is 2.21. The molecule has 1 atom stereocenters. The van der Waals surface area contributed by atoms with Gasteiger partial charge in [0.15, 0.2) is 0 Å². The van der Waals surface area contributed by atoms with Gasteiger partial charge in [0, 0.05) is 19.2 Å². The van der Waals surface area contributed by atoms with Gasteiger partial charge in [-0.3, -0.25) is 4.90 Å². The SMILES string of the molecule is CCC(C)N(CCO)CCCCCO. The predicted octanol–water partition coefficient (Wildman–Crippen LogP) is 1.24. The van der Waals surface area contributed by atoms with E-state index in [4.69, 9.17) is 10.2 Å². The van der Waals surface area contributed by atoms with Gasteiger partial charge in [0.1, 0.15) is 0 Å². The summed E-state index contributed by atoms with van der Waals surface area (Å²) < 4.78 is 0. The molecule has 0 spiro atoms. The molecule has 0 aromatic rings. The van der Waals surface area contributed by atoms with Crippen LogP contribution in [0.25, 0.3) is 0 Å².